The van der Waals surface area contributed by atoms with E-state index in [4.69, 9.17) is 22.8 Å². The maximum atomic E-state index is 11.8. The van der Waals surface area contributed by atoms with Crippen molar-refractivity contribution in [3.8, 4) is 12.3 Å². The fourth-order valence-electron chi connectivity index (χ4n) is 2.66. The number of halogens is 1. The smallest absolute Gasteiger partial charge is 0.407 e. The van der Waals surface area contributed by atoms with E-state index in [9.17, 15) is 4.79 Å². The second kappa shape index (κ2) is 10.5. The number of carbonyl (C=O) groups excluding carboxylic acids is 1. The second-order valence-corrected chi connectivity index (χ2v) is 9.13. The molecule has 2 N–H and O–H groups in total. The molecule has 0 aliphatic heterocycles. The minimum absolute atomic E-state index is 0.339. The maximum absolute atomic E-state index is 11.8. The number of ether oxygens (including phenoxy) is 1. The summed E-state index contributed by atoms with van der Waals surface area (Å²) in [5.41, 5.74) is 1.56. The third kappa shape index (κ3) is 6.73. The highest BCUT2D eigenvalue weighted by molar-refractivity contribution is 7.99. The Hall–Kier alpha value is -3.03. The first kappa shape index (κ1) is 23.6. The third-order valence-corrected chi connectivity index (χ3v) is 4.96. The van der Waals surface area contributed by atoms with Crippen LogP contribution in [0.25, 0.3) is 11.2 Å². The zero-order valence-electron chi connectivity index (χ0n) is 18.1. The summed E-state index contributed by atoms with van der Waals surface area (Å²) >= 11 is 7.32. The van der Waals surface area contributed by atoms with E-state index in [0.29, 0.717) is 52.5 Å². The van der Waals surface area contributed by atoms with E-state index >= 15 is 0 Å². The van der Waals surface area contributed by atoms with Crippen LogP contribution in [-0.4, -0.2) is 55.5 Å². The number of nitrogens with one attached hydrogen (secondary N) is 2. The fraction of sp³-hybridized carbons (Fsp3) is 0.381. The van der Waals surface area contributed by atoms with Gasteiger partial charge in [0.2, 0.25) is 0 Å². The molecule has 3 rings (SSSR count). The first-order chi connectivity index (χ1) is 15.2. The monoisotopic (exact) mass is 473 g/mol. The number of hydrogen-bond acceptors (Lipinski definition) is 8. The summed E-state index contributed by atoms with van der Waals surface area (Å²) < 4.78 is 6.93. The summed E-state index contributed by atoms with van der Waals surface area (Å²) in [4.78, 5) is 20.9. The molecule has 0 atom stereocenters. The summed E-state index contributed by atoms with van der Waals surface area (Å²) in [6.07, 6.45) is 4.91. The van der Waals surface area contributed by atoms with Gasteiger partial charge in [-0.3, -0.25) is 0 Å². The molecule has 0 bridgehead atoms. The molecule has 9 nitrogen and oxygen atoms in total. The molecule has 168 valence electrons. The van der Waals surface area contributed by atoms with Gasteiger partial charge in [0, 0.05) is 18.1 Å². The predicted octanol–water partition coefficient (Wildman–Crippen LogP) is 3.58. The minimum atomic E-state index is -0.554. The number of carbonyl (C=O) groups is 1. The van der Waals surface area contributed by atoms with Crippen LogP contribution < -0.4 is 10.6 Å². The minimum Gasteiger partial charge on any atom is -0.444 e. The molecule has 0 unspecified atom stereocenters. The van der Waals surface area contributed by atoms with Crippen molar-refractivity contribution in [1.82, 2.24) is 30.3 Å². The van der Waals surface area contributed by atoms with Crippen molar-refractivity contribution in [2.45, 2.75) is 38.1 Å². The Kier molecular flexibility index (Phi) is 7.77. The fourth-order valence-corrected chi connectivity index (χ4v) is 3.30. The number of fused-ring (bicyclic) bond motifs is 1. The van der Waals surface area contributed by atoms with Gasteiger partial charge in [0.05, 0.1) is 12.3 Å². The van der Waals surface area contributed by atoms with Crippen LogP contribution in [0.1, 0.15) is 26.3 Å². The Morgan fingerprint density at radius 1 is 1.25 bits per heavy atom. The lowest BCUT2D eigenvalue weighted by Gasteiger charge is -2.19. The van der Waals surface area contributed by atoms with Crippen LogP contribution in [-0.2, 0) is 11.3 Å². The molecule has 2 aromatic heterocycles. The van der Waals surface area contributed by atoms with E-state index in [1.54, 1.807) is 4.68 Å². The van der Waals surface area contributed by atoms with Crippen LogP contribution in [0.15, 0.2) is 29.4 Å². The number of thioether (sulfide) groups is 1. The van der Waals surface area contributed by atoms with E-state index in [1.807, 2.05) is 45.0 Å². The van der Waals surface area contributed by atoms with Gasteiger partial charge >= 0.3 is 6.09 Å². The number of aromatic nitrogens is 5. The molecule has 3 aromatic rings. The lowest BCUT2D eigenvalue weighted by molar-refractivity contribution is 0.0530. The van der Waals surface area contributed by atoms with E-state index in [0.717, 1.165) is 5.56 Å². The summed E-state index contributed by atoms with van der Waals surface area (Å²) in [5.74, 6) is 3.52. The molecule has 0 aliphatic carbocycles. The first-order valence-electron chi connectivity index (χ1n) is 9.88. The second-order valence-electron chi connectivity index (χ2n) is 7.75. The molecule has 0 aliphatic rings. The van der Waals surface area contributed by atoms with Crippen LogP contribution in [0.2, 0.25) is 5.02 Å². The lowest BCUT2D eigenvalue weighted by atomic mass is 10.2. The molecule has 2 heterocycles. The largest absolute Gasteiger partial charge is 0.444 e. The highest BCUT2D eigenvalue weighted by Crippen LogP contribution is 2.23. The van der Waals surface area contributed by atoms with Crippen molar-refractivity contribution in [2.24, 2.45) is 0 Å². The Bertz CT molecular complexity index is 1120. The molecule has 0 radical (unpaired) electrons. The zero-order valence-corrected chi connectivity index (χ0v) is 19.6. The van der Waals surface area contributed by atoms with Crippen LogP contribution in [0.5, 0.6) is 0 Å². The van der Waals surface area contributed by atoms with Crippen molar-refractivity contribution in [2.75, 3.05) is 24.2 Å². The SMILES string of the molecule is C#CCSc1nc(NCCNC(=O)OC(C)(C)C)c2nnn(Cc3ccc(Cl)cc3)c2n1. The van der Waals surface area contributed by atoms with Gasteiger partial charge in [-0.15, -0.1) is 11.5 Å². The van der Waals surface area contributed by atoms with Crippen LogP contribution >= 0.6 is 23.4 Å². The van der Waals surface area contributed by atoms with Crippen molar-refractivity contribution in [3.05, 3.63) is 34.9 Å². The average Bonchev–Trinajstić information content (AvgIpc) is 3.13. The number of rotatable bonds is 8. The molecular weight excluding hydrogens is 450 g/mol. The van der Waals surface area contributed by atoms with E-state index in [2.05, 4.69) is 36.8 Å². The Balaban J connectivity index is 1.76. The standard InChI is InChI=1S/C21H24ClN7O2S/c1-5-12-32-19-25-17(23-10-11-24-20(30)31-21(2,3)4)16-18(26-19)29(28-27-16)13-14-6-8-15(22)9-7-14/h1,6-9H,10-13H2,2-4H3,(H,24,30)(H,23,25,26). The van der Waals surface area contributed by atoms with Gasteiger partial charge in [0.15, 0.2) is 22.1 Å². The van der Waals surface area contributed by atoms with Crippen molar-refractivity contribution >= 4 is 46.4 Å². The average molecular weight is 474 g/mol. The van der Waals surface area contributed by atoms with Crippen molar-refractivity contribution in [1.29, 1.82) is 0 Å². The quantitative estimate of drug-likeness (QED) is 0.221. The number of hydrogen-bond donors (Lipinski definition) is 2. The summed E-state index contributed by atoms with van der Waals surface area (Å²) in [6, 6.07) is 7.49. The number of amides is 1. The third-order valence-electron chi connectivity index (χ3n) is 3.96. The normalized spacial score (nSPS) is 11.2. The molecule has 0 saturated heterocycles. The Morgan fingerprint density at radius 2 is 2.00 bits per heavy atom. The van der Waals surface area contributed by atoms with Gasteiger partial charge in [0.1, 0.15) is 5.60 Å². The topological polar surface area (TPSA) is 107 Å². The van der Waals surface area contributed by atoms with Gasteiger partial charge in [-0.2, -0.15) is 0 Å². The van der Waals surface area contributed by atoms with Crippen LogP contribution in [0.3, 0.4) is 0 Å². The van der Waals surface area contributed by atoms with Gasteiger partial charge < -0.3 is 15.4 Å². The number of anilines is 1. The number of nitrogens with zero attached hydrogens (tertiary/aromatic N) is 5. The number of benzene rings is 1. The predicted molar refractivity (Wildman–Crippen MR) is 126 cm³/mol. The molecule has 1 amide bonds. The van der Waals surface area contributed by atoms with Crippen LogP contribution in [0, 0.1) is 12.3 Å². The summed E-state index contributed by atoms with van der Waals surface area (Å²) in [5, 5.41) is 15.6. The molecule has 11 heteroatoms. The molecule has 32 heavy (non-hydrogen) atoms. The highest BCUT2D eigenvalue weighted by atomic mass is 35.5. The van der Waals surface area contributed by atoms with Gasteiger partial charge in [-0.1, -0.05) is 46.6 Å². The number of alkyl carbamates (subject to hydrolysis) is 1. The van der Waals surface area contributed by atoms with Gasteiger partial charge in [-0.05, 0) is 38.5 Å². The Morgan fingerprint density at radius 3 is 2.69 bits per heavy atom. The van der Waals surface area contributed by atoms with E-state index < -0.39 is 11.7 Å². The van der Waals surface area contributed by atoms with Gasteiger partial charge in [0.25, 0.3) is 0 Å². The van der Waals surface area contributed by atoms with Crippen LogP contribution in [0.4, 0.5) is 10.6 Å². The van der Waals surface area contributed by atoms with Gasteiger partial charge in [-0.25, -0.2) is 19.4 Å². The van der Waals surface area contributed by atoms with Crippen molar-refractivity contribution < 1.29 is 9.53 Å². The zero-order chi connectivity index (χ0) is 23.1. The van der Waals surface area contributed by atoms with E-state index in [-0.39, 0.29) is 0 Å². The highest BCUT2D eigenvalue weighted by Gasteiger charge is 2.17. The Labute approximate surface area is 195 Å². The lowest BCUT2D eigenvalue weighted by Crippen LogP contribution is -2.35. The molecule has 0 spiro atoms. The summed E-state index contributed by atoms with van der Waals surface area (Å²) in [6.45, 7) is 6.66. The molecule has 1 aromatic carbocycles. The van der Waals surface area contributed by atoms with Crippen molar-refractivity contribution in [3.63, 3.8) is 0 Å². The first-order valence-corrected chi connectivity index (χ1v) is 11.2. The number of terminal acetylenes is 1. The molecule has 0 fully saturated rings. The maximum Gasteiger partial charge on any atom is 0.407 e. The molecular formula is C21H24ClN7O2S. The molecule has 0 saturated carbocycles. The van der Waals surface area contributed by atoms with E-state index in [1.165, 1.54) is 11.8 Å². The summed E-state index contributed by atoms with van der Waals surface area (Å²) in [7, 11) is 0.